The standard InChI is InChI=1S/C28H22F2N2S/c29-23-6-3-7-24(30)27(23)20-15-22-21-14-19(8-9-26(21)33-28(22)32-16-20)25-13-18(10-11-31-25)12-17-4-1-2-5-17/h3,6-11,13-17H,1-2,4-5,12H2. The zero-order chi connectivity index (χ0) is 22.4. The van der Waals surface area contributed by atoms with Gasteiger partial charge in [-0.25, -0.2) is 13.8 Å². The van der Waals surface area contributed by atoms with Crippen LogP contribution in [0.5, 0.6) is 0 Å². The molecule has 6 rings (SSSR count). The lowest BCUT2D eigenvalue weighted by atomic mass is 9.97. The van der Waals surface area contributed by atoms with Crippen LogP contribution in [0.15, 0.2) is 67.0 Å². The van der Waals surface area contributed by atoms with E-state index in [0.29, 0.717) is 5.56 Å². The molecule has 0 saturated heterocycles. The molecule has 0 bridgehead atoms. The van der Waals surface area contributed by atoms with Gasteiger partial charge in [0.15, 0.2) is 0 Å². The fourth-order valence-corrected chi connectivity index (χ4v) is 6.04. The van der Waals surface area contributed by atoms with Crippen LogP contribution in [0.3, 0.4) is 0 Å². The van der Waals surface area contributed by atoms with Crippen LogP contribution >= 0.6 is 11.3 Å². The van der Waals surface area contributed by atoms with Gasteiger partial charge in [-0.2, -0.15) is 0 Å². The highest BCUT2D eigenvalue weighted by Crippen LogP contribution is 2.38. The van der Waals surface area contributed by atoms with E-state index in [0.717, 1.165) is 43.9 Å². The van der Waals surface area contributed by atoms with Crippen molar-refractivity contribution in [3.05, 3.63) is 84.2 Å². The third-order valence-corrected chi connectivity index (χ3v) is 7.79. The molecule has 33 heavy (non-hydrogen) atoms. The third-order valence-electron chi connectivity index (χ3n) is 6.70. The zero-order valence-electron chi connectivity index (χ0n) is 18.0. The van der Waals surface area contributed by atoms with Crippen molar-refractivity contribution < 1.29 is 8.78 Å². The van der Waals surface area contributed by atoms with Crippen molar-refractivity contribution in [1.82, 2.24) is 9.97 Å². The summed E-state index contributed by atoms with van der Waals surface area (Å²) in [6.07, 6.45) is 9.89. The number of fused-ring (bicyclic) bond motifs is 3. The van der Waals surface area contributed by atoms with Crippen molar-refractivity contribution in [3.63, 3.8) is 0 Å². The van der Waals surface area contributed by atoms with Crippen molar-refractivity contribution in [2.45, 2.75) is 32.1 Å². The highest BCUT2D eigenvalue weighted by molar-refractivity contribution is 7.25. The molecule has 3 aromatic heterocycles. The van der Waals surface area contributed by atoms with Crippen molar-refractivity contribution in [2.24, 2.45) is 5.92 Å². The molecule has 164 valence electrons. The molecule has 1 saturated carbocycles. The Morgan fingerprint density at radius 1 is 0.848 bits per heavy atom. The Labute approximate surface area is 195 Å². The minimum absolute atomic E-state index is 0.0383. The summed E-state index contributed by atoms with van der Waals surface area (Å²) in [7, 11) is 0. The van der Waals surface area contributed by atoms with Gasteiger partial charge in [0.25, 0.3) is 0 Å². The molecular weight excluding hydrogens is 434 g/mol. The molecule has 2 aromatic carbocycles. The molecule has 0 atom stereocenters. The molecule has 3 heterocycles. The van der Waals surface area contributed by atoms with E-state index in [9.17, 15) is 8.78 Å². The first-order valence-electron chi connectivity index (χ1n) is 11.4. The summed E-state index contributed by atoms with van der Waals surface area (Å²) >= 11 is 1.58. The molecule has 2 nitrogen and oxygen atoms in total. The summed E-state index contributed by atoms with van der Waals surface area (Å²) in [5.74, 6) is -0.383. The Balaban J connectivity index is 1.43. The maximum atomic E-state index is 14.4. The van der Waals surface area contributed by atoms with Crippen LogP contribution in [0.4, 0.5) is 8.78 Å². The van der Waals surface area contributed by atoms with Gasteiger partial charge in [-0.3, -0.25) is 4.98 Å². The Morgan fingerprint density at radius 2 is 1.64 bits per heavy atom. The van der Waals surface area contributed by atoms with E-state index >= 15 is 0 Å². The van der Waals surface area contributed by atoms with Gasteiger partial charge in [0.2, 0.25) is 0 Å². The number of pyridine rings is 2. The van der Waals surface area contributed by atoms with Crippen LogP contribution in [0.25, 0.3) is 42.7 Å². The molecule has 1 fully saturated rings. The topological polar surface area (TPSA) is 25.8 Å². The molecule has 0 spiro atoms. The Bertz CT molecular complexity index is 1460. The average Bonchev–Trinajstić information content (AvgIpc) is 3.46. The van der Waals surface area contributed by atoms with Gasteiger partial charge in [-0.05, 0) is 60.4 Å². The second-order valence-corrected chi connectivity index (χ2v) is 9.92. The summed E-state index contributed by atoms with van der Waals surface area (Å²) in [5.41, 5.74) is 3.73. The fourth-order valence-electron chi connectivity index (χ4n) is 5.04. The van der Waals surface area contributed by atoms with E-state index in [1.54, 1.807) is 17.5 Å². The third kappa shape index (κ3) is 3.80. The highest BCUT2D eigenvalue weighted by atomic mass is 32.1. The molecule has 1 aliphatic rings. The molecule has 0 aliphatic heterocycles. The molecule has 5 aromatic rings. The SMILES string of the molecule is Fc1cccc(F)c1-c1cnc2sc3ccc(-c4cc(CC5CCCC5)ccn4)cc3c2c1. The average molecular weight is 457 g/mol. The summed E-state index contributed by atoms with van der Waals surface area (Å²) in [4.78, 5) is 10.0. The monoisotopic (exact) mass is 456 g/mol. The number of hydrogen-bond donors (Lipinski definition) is 0. The normalized spacial score (nSPS) is 14.5. The zero-order valence-corrected chi connectivity index (χ0v) is 18.8. The number of rotatable bonds is 4. The van der Waals surface area contributed by atoms with Gasteiger partial charge in [0.05, 0.1) is 11.3 Å². The molecule has 0 N–H and O–H groups in total. The second-order valence-electron chi connectivity index (χ2n) is 8.89. The number of hydrogen-bond acceptors (Lipinski definition) is 3. The van der Waals surface area contributed by atoms with E-state index in [4.69, 9.17) is 0 Å². The fraction of sp³-hybridized carbons (Fsp3) is 0.214. The van der Waals surface area contributed by atoms with Crippen LogP contribution in [0, 0.1) is 17.6 Å². The minimum atomic E-state index is -0.584. The Kier molecular flexibility index (Phi) is 5.14. The lowest BCUT2D eigenvalue weighted by Gasteiger charge is -2.10. The first-order valence-corrected chi connectivity index (χ1v) is 12.2. The Morgan fingerprint density at radius 3 is 2.45 bits per heavy atom. The summed E-state index contributed by atoms with van der Waals surface area (Å²) in [6.45, 7) is 0. The smallest absolute Gasteiger partial charge is 0.134 e. The van der Waals surface area contributed by atoms with Crippen molar-refractivity contribution >= 4 is 31.6 Å². The number of halogens is 2. The van der Waals surface area contributed by atoms with Gasteiger partial charge in [-0.15, -0.1) is 11.3 Å². The molecule has 5 heteroatoms. The first-order chi connectivity index (χ1) is 16.2. The van der Waals surface area contributed by atoms with E-state index in [2.05, 4.69) is 40.3 Å². The van der Waals surface area contributed by atoms with Crippen LogP contribution in [0.1, 0.15) is 31.2 Å². The van der Waals surface area contributed by atoms with Crippen molar-refractivity contribution in [1.29, 1.82) is 0 Å². The number of benzene rings is 2. The lowest BCUT2D eigenvalue weighted by molar-refractivity contribution is 0.546. The van der Waals surface area contributed by atoms with Crippen molar-refractivity contribution in [3.8, 4) is 22.4 Å². The predicted octanol–water partition coefficient (Wildman–Crippen LogP) is 8.19. The number of nitrogens with zero attached hydrogens (tertiary/aromatic N) is 2. The molecule has 0 amide bonds. The van der Waals surface area contributed by atoms with E-state index in [1.165, 1.54) is 49.4 Å². The number of aromatic nitrogens is 2. The summed E-state index contributed by atoms with van der Waals surface area (Å²) < 4.78 is 29.8. The van der Waals surface area contributed by atoms with Crippen LogP contribution in [-0.2, 0) is 6.42 Å². The number of thiophene rings is 1. The minimum Gasteiger partial charge on any atom is -0.256 e. The van der Waals surface area contributed by atoms with Gasteiger partial charge in [0, 0.05) is 39.0 Å². The van der Waals surface area contributed by atoms with Crippen LogP contribution in [-0.4, -0.2) is 9.97 Å². The molecule has 0 radical (unpaired) electrons. The van der Waals surface area contributed by atoms with Gasteiger partial charge < -0.3 is 0 Å². The summed E-state index contributed by atoms with van der Waals surface area (Å²) in [6, 6.07) is 16.4. The maximum absolute atomic E-state index is 14.4. The van der Waals surface area contributed by atoms with Gasteiger partial charge in [0.1, 0.15) is 16.5 Å². The van der Waals surface area contributed by atoms with E-state index in [1.807, 2.05) is 12.3 Å². The maximum Gasteiger partial charge on any atom is 0.134 e. The first kappa shape index (κ1) is 20.4. The highest BCUT2D eigenvalue weighted by Gasteiger charge is 2.17. The molecule has 1 aliphatic carbocycles. The molecular formula is C28H22F2N2S. The second kappa shape index (κ2) is 8.31. The Hall–Kier alpha value is -3.18. The predicted molar refractivity (Wildman–Crippen MR) is 131 cm³/mol. The lowest BCUT2D eigenvalue weighted by Crippen LogP contribution is -1.99. The largest absolute Gasteiger partial charge is 0.256 e. The van der Waals surface area contributed by atoms with Crippen LogP contribution < -0.4 is 0 Å². The van der Waals surface area contributed by atoms with Crippen molar-refractivity contribution in [2.75, 3.05) is 0 Å². The van der Waals surface area contributed by atoms with Gasteiger partial charge >= 0.3 is 0 Å². The van der Waals surface area contributed by atoms with Gasteiger partial charge in [-0.1, -0.05) is 37.8 Å². The van der Waals surface area contributed by atoms with E-state index < -0.39 is 11.6 Å². The summed E-state index contributed by atoms with van der Waals surface area (Å²) in [5, 5.41) is 1.93. The molecule has 0 unspecified atom stereocenters. The quantitative estimate of drug-likeness (QED) is 0.272. The van der Waals surface area contributed by atoms with E-state index in [-0.39, 0.29) is 5.56 Å². The van der Waals surface area contributed by atoms with Crippen LogP contribution in [0.2, 0.25) is 0 Å².